The molecule has 0 amide bonds. The quantitative estimate of drug-likeness (QED) is 0.0204. The zero-order valence-electron chi connectivity index (χ0n) is 33.7. The molecule has 0 rings (SSSR count). The lowest BCUT2D eigenvalue weighted by Gasteiger charge is -2.28. The van der Waals surface area contributed by atoms with Crippen LogP contribution in [0.3, 0.4) is 0 Å². The highest BCUT2D eigenvalue weighted by Gasteiger charge is 2.21. The predicted octanol–water partition coefficient (Wildman–Crippen LogP) is 10.5. The fourth-order valence-corrected chi connectivity index (χ4v) is 5.90. The number of carbonyl (C=O) groups excluding carboxylic acids is 2. The van der Waals surface area contributed by atoms with Gasteiger partial charge in [0.15, 0.2) is 6.10 Å². The molecule has 0 saturated carbocycles. The van der Waals surface area contributed by atoms with Gasteiger partial charge in [0.05, 0.1) is 27.7 Å². The standard InChI is InChI=1S/C42H76NO8P/c1-6-8-10-12-14-16-18-19-20-21-22-23-25-27-29-31-33-35-42(45)51-40(39-50-52(46,47)49-37-36-43(3,4)5)38-48-41(44)34-32-30-28-26-24-17-15-13-11-9-7-2/h8,10,14,16,19-20,22-23,40H,6-7,9,11-13,15,17-18,21,24-39H2,1-5H3/b10-8-,16-14-,20-19-,23-22-. The zero-order chi connectivity index (χ0) is 38.6. The average Bonchev–Trinajstić information content (AvgIpc) is 3.09. The molecular formula is C42H76NO8P. The lowest BCUT2D eigenvalue weighted by atomic mass is 10.1. The highest BCUT2D eigenvalue weighted by molar-refractivity contribution is 7.45. The van der Waals surface area contributed by atoms with Crippen molar-refractivity contribution < 1.29 is 42.1 Å². The van der Waals surface area contributed by atoms with Gasteiger partial charge in [0.25, 0.3) is 7.82 Å². The highest BCUT2D eigenvalue weighted by atomic mass is 31.2. The van der Waals surface area contributed by atoms with E-state index >= 15 is 0 Å². The number of allylic oxidation sites excluding steroid dienone is 8. The molecule has 0 aliphatic carbocycles. The fourth-order valence-electron chi connectivity index (χ4n) is 5.17. The van der Waals surface area contributed by atoms with E-state index in [1.54, 1.807) is 0 Å². The molecule has 0 aromatic carbocycles. The first kappa shape index (κ1) is 50.0. The molecule has 0 fully saturated rings. The van der Waals surface area contributed by atoms with Crippen LogP contribution in [0.1, 0.15) is 155 Å². The van der Waals surface area contributed by atoms with Crippen molar-refractivity contribution in [2.24, 2.45) is 0 Å². The molecule has 0 aromatic rings. The number of ether oxygens (including phenoxy) is 2. The van der Waals surface area contributed by atoms with Crippen LogP contribution in [-0.4, -0.2) is 70.0 Å². The molecule has 0 heterocycles. The van der Waals surface area contributed by atoms with Gasteiger partial charge in [0, 0.05) is 12.8 Å². The third-order valence-electron chi connectivity index (χ3n) is 8.36. The van der Waals surface area contributed by atoms with Crippen LogP contribution >= 0.6 is 7.82 Å². The Morgan fingerprint density at radius 3 is 1.63 bits per heavy atom. The first-order valence-corrected chi connectivity index (χ1v) is 21.8. The smallest absolute Gasteiger partial charge is 0.306 e. The second kappa shape index (κ2) is 34.7. The summed E-state index contributed by atoms with van der Waals surface area (Å²) in [6.07, 6.45) is 38.5. The molecule has 9 nitrogen and oxygen atoms in total. The number of unbranched alkanes of at least 4 members (excludes halogenated alkanes) is 14. The van der Waals surface area contributed by atoms with Gasteiger partial charge >= 0.3 is 11.9 Å². The minimum Gasteiger partial charge on any atom is -0.756 e. The van der Waals surface area contributed by atoms with Crippen molar-refractivity contribution in [2.75, 3.05) is 47.5 Å². The van der Waals surface area contributed by atoms with Crippen LogP contribution in [0.2, 0.25) is 0 Å². The van der Waals surface area contributed by atoms with Crippen LogP contribution in [0, 0.1) is 0 Å². The Kier molecular flexibility index (Phi) is 33.4. The van der Waals surface area contributed by atoms with Crippen molar-refractivity contribution in [3.8, 4) is 0 Å². The molecule has 0 radical (unpaired) electrons. The summed E-state index contributed by atoms with van der Waals surface area (Å²) < 4.78 is 33.8. The van der Waals surface area contributed by atoms with Gasteiger partial charge in [0.1, 0.15) is 19.8 Å². The van der Waals surface area contributed by atoms with Crippen LogP contribution in [0.25, 0.3) is 0 Å². The zero-order valence-corrected chi connectivity index (χ0v) is 34.6. The molecule has 0 bridgehead atoms. The molecule has 10 heteroatoms. The van der Waals surface area contributed by atoms with Gasteiger partial charge in [-0.05, 0) is 51.4 Å². The van der Waals surface area contributed by atoms with Crippen molar-refractivity contribution in [3.63, 3.8) is 0 Å². The second-order valence-corrected chi connectivity index (χ2v) is 16.0. The SMILES string of the molecule is CC/C=C\C/C=C\C/C=C\C/C=C\CCCCCCC(=O)OC(COC(=O)CCCCCCCCCCCCC)COP(=O)([O-])OCC[N+](C)(C)C. The molecule has 0 spiro atoms. The minimum absolute atomic E-state index is 0.0367. The van der Waals surface area contributed by atoms with E-state index in [1.807, 2.05) is 21.1 Å². The Morgan fingerprint density at radius 2 is 1.10 bits per heavy atom. The summed E-state index contributed by atoms with van der Waals surface area (Å²) in [6.45, 7) is 4.06. The van der Waals surface area contributed by atoms with E-state index in [-0.39, 0.29) is 26.1 Å². The van der Waals surface area contributed by atoms with E-state index in [0.29, 0.717) is 17.4 Å². The molecule has 0 aromatic heterocycles. The third kappa shape index (κ3) is 37.7. The first-order chi connectivity index (χ1) is 25.0. The number of phosphoric acid groups is 1. The lowest BCUT2D eigenvalue weighted by molar-refractivity contribution is -0.870. The molecule has 0 saturated heterocycles. The summed E-state index contributed by atoms with van der Waals surface area (Å²) in [5, 5.41) is 0. The summed E-state index contributed by atoms with van der Waals surface area (Å²) in [7, 11) is 1.14. The first-order valence-electron chi connectivity index (χ1n) is 20.3. The Balaban J connectivity index is 4.45. The van der Waals surface area contributed by atoms with Crippen LogP contribution < -0.4 is 4.89 Å². The summed E-state index contributed by atoms with van der Waals surface area (Å²) in [4.78, 5) is 37.4. The number of quaternary nitrogens is 1. The number of esters is 2. The molecule has 0 aliphatic heterocycles. The summed E-state index contributed by atoms with van der Waals surface area (Å²) >= 11 is 0. The minimum atomic E-state index is -4.63. The van der Waals surface area contributed by atoms with Gasteiger partial charge in [-0.15, -0.1) is 0 Å². The van der Waals surface area contributed by atoms with Gasteiger partial charge in [-0.3, -0.25) is 14.2 Å². The Bertz CT molecular complexity index is 1030. The van der Waals surface area contributed by atoms with E-state index < -0.39 is 32.5 Å². The van der Waals surface area contributed by atoms with Crippen LogP contribution in [0.15, 0.2) is 48.6 Å². The summed E-state index contributed by atoms with van der Waals surface area (Å²) in [5.41, 5.74) is 0. The molecule has 0 aliphatic rings. The van der Waals surface area contributed by atoms with E-state index in [9.17, 15) is 19.0 Å². The van der Waals surface area contributed by atoms with Gasteiger partial charge in [-0.2, -0.15) is 0 Å². The molecule has 2 atom stereocenters. The maximum atomic E-state index is 12.6. The number of likely N-dealkylation sites (N-methyl/N-ethyl adjacent to an activating group) is 1. The predicted molar refractivity (Wildman–Crippen MR) is 213 cm³/mol. The molecule has 2 unspecified atom stereocenters. The Morgan fingerprint density at radius 1 is 0.615 bits per heavy atom. The van der Waals surface area contributed by atoms with E-state index in [1.165, 1.54) is 51.4 Å². The third-order valence-corrected chi connectivity index (χ3v) is 9.33. The van der Waals surface area contributed by atoms with Gasteiger partial charge in [-0.25, -0.2) is 0 Å². The van der Waals surface area contributed by atoms with E-state index in [0.717, 1.165) is 70.6 Å². The number of nitrogens with zero attached hydrogens (tertiary/aromatic N) is 1. The highest BCUT2D eigenvalue weighted by Crippen LogP contribution is 2.38. The normalized spacial score (nSPS) is 14.2. The monoisotopic (exact) mass is 754 g/mol. The summed E-state index contributed by atoms with van der Waals surface area (Å²) in [6, 6.07) is 0. The van der Waals surface area contributed by atoms with Crippen molar-refractivity contribution in [1.29, 1.82) is 0 Å². The average molecular weight is 754 g/mol. The van der Waals surface area contributed by atoms with E-state index in [2.05, 4.69) is 62.5 Å². The van der Waals surface area contributed by atoms with Crippen LogP contribution in [-0.2, 0) is 32.7 Å². The number of phosphoric ester groups is 1. The van der Waals surface area contributed by atoms with Crippen molar-refractivity contribution in [3.05, 3.63) is 48.6 Å². The van der Waals surface area contributed by atoms with E-state index in [4.69, 9.17) is 18.5 Å². The molecular weight excluding hydrogens is 677 g/mol. The Hall–Kier alpha value is -2.03. The number of hydrogen-bond donors (Lipinski definition) is 0. The maximum Gasteiger partial charge on any atom is 0.306 e. The molecule has 302 valence electrons. The fraction of sp³-hybridized carbons (Fsp3) is 0.762. The largest absolute Gasteiger partial charge is 0.756 e. The second-order valence-electron chi connectivity index (χ2n) is 14.6. The van der Waals surface area contributed by atoms with Crippen LogP contribution in [0.5, 0.6) is 0 Å². The van der Waals surface area contributed by atoms with Crippen molar-refractivity contribution >= 4 is 19.8 Å². The lowest BCUT2D eigenvalue weighted by Crippen LogP contribution is -2.37. The number of carbonyl (C=O) groups is 2. The van der Waals surface area contributed by atoms with Crippen molar-refractivity contribution in [1.82, 2.24) is 0 Å². The summed E-state index contributed by atoms with van der Waals surface area (Å²) in [5.74, 6) is -0.865. The van der Waals surface area contributed by atoms with Gasteiger partial charge in [-0.1, -0.05) is 140 Å². The molecule has 52 heavy (non-hydrogen) atoms. The molecule has 0 N–H and O–H groups in total. The number of rotatable bonds is 36. The number of hydrogen-bond acceptors (Lipinski definition) is 8. The topological polar surface area (TPSA) is 111 Å². The van der Waals surface area contributed by atoms with Crippen molar-refractivity contribution in [2.45, 2.75) is 161 Å². The van der Waals surface area contributed by atoms with Gasteiger partial charge < -0.3 is 27.9 Å². The van der Waals surface area contributed by atoms with Crippen LogP contribution in [0.4, 0.5) is 0 Å². The Labute approximate surface area is 318 Å². The van der Waals surface area contributed by atoms with Gasteiger partial charge in [0.2, 0.25) is 0 Å². The maximum absolute atomic E-state index is 12.6.